The highest BCUT2D eigenvalue weighted by molar-refractivity contribution is 7.13. The molecule has 29 heavy (non-hydrogen) atoms. The Labute approximate surface area is 175 Å². The fraction of sp³-hybridized carbons (Fsp3) is 0.0435. The van der Waals surface area contributed by atoms with Gasteiger partial charge in [0.25, 0.3) is 0 Å². The van der Waals surface area contributed by atoms with Crippen molar-refractivity contribution < 1.29 is 13.6 Å². The zero-order valence-electron chi connectivity index (χ0n) is 15.0. The second kappa shape index (κ2) is 8.23. The molecule has 2 nitrogen and oxygen atoms in total. The first-order valence-corrected chi connectivity index (χ1v) is 10.0. The molecule has 0 spiro atoms. The van der Waals surface area contributed by atoms with E-state index in [0.717, 1.165) is 33.8 Å². The van der Waals surface area contributed by atoms with Crippen LogP contribution < -0.4 is 0 Å². The average Bonchev–Trinajstić information content (AvgIpc) is 3.24. The Hall–Kier alpha value is -2.89. The number of hydrogen-bond acceptors (Lipinski definition) is 3. The van der Waals surface area contributed by atoms with E-state index in [-0.39, 0.29) is 6.42 Å². The number of benzene rings is 3. The number of hydrogen-bond donors (Lipinski definition) is 0. The second-order valence-electron chi connectivity index (χ2n) is 6.43. The third-order valence-corrected chi connectivity index (χ3v) is 5.67. The Bertz CT molecular complexity index is 1150. The fourth-order valence-electron chi connectivity index (χ4n) is 3.09. The van der Waals surface area contributed by atoms with Gasteiger partial charge >= 0.3 is 0 Å². The van der Waals surface area contributed by atoms with Crippen molar-refractivity contribution in [2.45, 2.75) is 6.42 Å². The smallest absolute Gasteiger partial charge is 0.173 e. The van der Waals surface area contributed by atoms with Crippen LogP contribution in [0.5, 0.6) is 0 Å². The monoisotopic (exact) mass is 425 g/mol. The van der Waals surface area contributed by atoms with Crippen LogP contribution in [0.1, 0.15) is 15.9 Å². The molecule has 1 heterocycles. The standard InChI is InChI=1S/C23H14ClF2NOS/c24-18-9-8-16(23-27-10-11-29-23)13-17(18)15-6-4-14(5-7-15)12-21(28)22-19(25)2-1-3-20(22)26/h1-11,13H,12H2. The SMILES string of the molecule is O=C(Cc1ccc(-c2cc(-c3nccs3)ccc2Cl)cc1)c1c(F)cccc1F. The predicted molar refractivity (Wildman–Crippen MR) is 112 cm³/mol. The summed E-state index contributed by atoms with van der Waals surface area (Å²) in [5, 5.41) is 3.41. The zero-order valence-corrected chi connectivity index (χ0v) is 16.6. The summed E-state index contributed by atoms with van der Waals surface area (Å²) in [4.78, 5) is 16.7. The Morgan fingerprint density at radius 2 is 1.66 bits per heavy atom. The number of carbonyl (C=O) groups excluding carboxylic acids is 1. The molecule has 4 rings (SSSR count). The lowest BCUT2D eigenvalue weighted by atomic mass is 9.98. The van der Waals surface area contributed by atoms with Crippen molar-refractivity contribution in [2.24, 2.45) is 0 Å². The van der Waals surface area contributed by atoms with E-state index in [2.05, 4.69) is 4.98 Å². The minimum absolute atomic E-state index is 0.0922. The topological polar surface area (TPSA) is 30.0 Å². The van der Waals surface area contributed by atoms with Crippen molar-refractivity contribution in [1.29, 1.82) is 0 Å². The highest BCUT2D eigenvalue weighted by Gasteiger charge is 2.17. The molecule has 0 amide bonds. The number of halogens is 3. The minimum atomic E-state index is -0.850. The summed E-state index contributed by atoms with van der Waals surface area (Å²) in [6.45, 7) is 0. The molecule has 0 fully saturated rings. The molecular formula is C23H14ClF2NOS. The van der Waals surface area contributed by atoms with Gasteiger partial charge < -0.3 is 0 Å². The summed E-state index contributed by atoms with van der Waals surface area (Å²) >= 11 is 7.92. The van der Waals surface area contributed by atoms with Crippen LogP contribution in [0.4, 0.5) is 8.78 Å². The third-order valence-electron chi connectivity index (χ3n) is 4.52. The molecule has 144 valence electrons. The van der Waals surface area contributed by atoms with E-state index in [4.69, 9.17) is 11.6 Å². The van der Waals surface area contributed by atoms with E-state index in [1.165, 1.54) is 6.07 Å². The molecule has 0 N–H and O–H groups in total. The van der Waals surface area contributed by atoms with Gasteiger partial charge in [-0.3, -0.25) is 4.79 Å². The normalized spacial score (nSPS) is 10.9. The van der Waals surface area contributed by atoms with E-state index >= 15 is 0 Å². The zero-order chi connectivity index (χ0) is 20.4. The number of nitrogens with zero attached hydrogens (tertiary/aromatic N) is 1. The van der Waals surface area contributed by atoms with Gasteiger partial charge in [-0.25, -0.2) is 13.8 Å². The molecule has 4 aromatic rings. The second-order valence-corrected chi connectivity index (χ2v) is 7.73. The van der Waals surface area contributed by atoms with Gasteiger partial charge in [-0.2, -0.15) is 0 Å². The van der Waals surface area contributed by atoms with Crippen LogP contribution in [0, 0.1) is 11.6 Å². The quantitative estimate of drug-likeness (QED) is 0.328. The molecule has 0 unspecified atom stereocenters. The summed E-state index contributed by atoms with van der Waals surface area (Å²) in [5.74, 6) is -2.30. The lowest BCUT2D eigenvalue weighted by Crippen LogP contribution is -2.09. The third kappa shape index (κ3) is 4.11. The molecule has 0 aliphatic rings. The van der Waals surface area contributed by atoms with E-state index in [1.54, 1.807) is 29.7 Å². The van der Waals surface area contributed by atoms with E-state index in [0.29, 0.717) is 10.6 Å². The fourth-order valence-corrected chi connectivity index (χ4v) is 3.95. The molecule has 0 aliphatic heterocycles. The lowest BCUT2D eigenvalue weighted by molar-refractivity contribution is 0.0985. The Morgan fingerprint density at radius 3 is 2.31 bits per heavy atom. The number of aromatic nitrogens is 1. The summed E-state index contributed by atoms with van der Waals surface area (Å²) in [6.07, 6.45) is 1.66. The number of Topliss-reactive ketones (excluding diaryl/α,β-unsaturated/α-hetero) is 1. The number of rotatable bonds is 5. The molecule has 1 aromatic heterocycles. The molecular weight excluding hydrogens is 412 g/mol. The Morgan fingerprint density at radius 1 is 0.966 bits per heavy atom. The molecule has 0 radical (unpaired) electrons. The van der Waals surface area contributed by atoms with E-state index in [1.807, 2.05) is 35.7 Å². The molecule has 0 saturated heterocycles. The van der Waals surface area contributed by atoms with E-state index < -0.39 is 23.0 Å². The van der Waals surface area contributed by atoms with Gasteiger partial charge in [-0.1, -0.05) is 48.0 Å². The van der Waals surface area contributed by atoms with Crippen LogP contribution in [0.2, 0.25) is 5.02 Å². The van der Waals surface area contributed by atoms with Crippen molar-refractivity contribution in [1.82, 2.24) is 4.98 Å². The van der Waals surface area contributed by atoms with E-state index in [9.17, 15) is 13.6 Å². The summed E-state index contributed by atoms with van der Waals surface area (Å²) in [7, 11) is 0. The molecule has 0 aliphatic carbocycles. The van der Waals surface area contributed by atoms with Crippen molar-refractivity contribution in [3.05, 3.63) is 100 Å². The maximum Gasteiger partial charge on any atom is 0.173 e. The van der Waals surface area contributed by atoms with Crippen LogP contribution in [0.3, 0.4) is 0 Å². The first-order chi connectivity index (χ1) is 14.0. The first-order valence-electron chi connectivity index (χ1n) is 8.79. The van der Waals surface area contributed by atoms with Crippen molar-refractivity contribution in [3.8, 4) is 21.7 Å². The minimum Gasteiger partial charge on any atom is -0.294 e. The van der Waals surface area contributed by atoms with Gasteiger partial charge in [0.05, 0.1) is 5.56 Å². The number of ketones is 1. The van der Waals surface area contributed by atoms with Gasteiger partial charge in [0.1, 0.15) is 16.6 Å². The van der Waals surface area contributed by atoms with Crippen molar-refractivity contribution in [2.75, 3.05) is 0 Å². The first kappa shape index (κ1) is 19.4. The molecule has 0 atom stereocenters. The van der Waals surface area contributed by atoms with Crippen molar-refractivity contribution >= 4 is 28.7 Å². The number of thiazole rings is 1. The average molecular weight is 426 g/mol. The summed E-state index contributed by atoms with van der Waals surface area (Å²) < 4.78 is 27.6. The summed E-state index contributed by atoms with van der Waals surface area (Å²) in [5.41, 5.74) is 2.84. The van der Waals surface area contributed by atoms with Crippen LogP contribution in [-0.2, 0) is 6.42 Å². The Balaban J connectivity index is 1.59. The molecule has 0 saturated carbocycles. The summed E-state index contributed by atoms with van der Waals surface area (Å²) in [6, 6.07) is 16.3. The Kier molecular flexibility index (Phi) is 5.51. The van der Waals surface area contributed by atoms with Crippen molar-refractivity contribution in [3.63, 3.8) is 0 Å². The lowest BCUT2D eigenvalue weighted by Gasteiger charge is -2.09. The maximum absolute atomic E-state index is 13.8. The van der Waals surface area contributed by atoms with Gasteiger partial charge in [-0.15, -0.1) is 11.3 Å². The van der Waals surface area contributed by atoms with Crippen LogP contribution >= 0.6 is 22.9 Å². The van der Waals surface area contributed by atoms with Gasteiger partial charge in [0, 0.05) is 34.1 Å². The predicted octanol–water partition coefficient (Wildman–Crippen LogP) is 6.83. The number of carbonyl (C=O) groups is 1. The molecule has 3 aromatic carbocycles. The molecule has 6 heteroatoms. The largest absolute Gasteiger partial charge is 0.294 e. The van der Waals surface area contributed by atoms with Gasteiger partial charge in [-0.05, 0) is 35.4 Å². The highest BCUT2D eigenvalue weighted by Crippen LogP contribution is 2.33. The van der Waals surface area contributed by atoms with Crippen LogP contribution in [-0.4, -0.2) is 10.8 Å². The van der Waals surface area contributed by atoms with Crippen LogP contribution in [0.15, 0.2) is 72.2 Å². The van der Waals surface area contributed by atoms with Gasteiger partial charge in [0.15, 0.2) is 5.78 Å². The molecule has 0 bridgehead atoms. The maximum atomic E-state index is 13.8. The van der Waals surface area contributed by atoms with Gasteiger partial charge in [0.2, 0.25) is 0 Å². The van der Waals surface area contributed by atoms with Crippen LogP contribution in [0.25, 0.3) is 21.7 Å². The highest BCUT2D eigenvalue weighted by atomic mass is 35.5.